The Bertz CT molecular complexity index is 1240. The fraction of sp³-hybridized carbons (Fsp3) is 0.519. The number of aromatic hydroxyl groups is 2. The first-order valence-corrected chi connectivity index (χ1v) is 13.0. The lowest BCUT2D eigenvalue weighted by molar-refractivity contribution is -0.318. The second-order valence-electron chi connectivity index (χ2n) is 10.3. The van der Waals surface area contributed by atoms with Crippen molar-refractivity contribution in [3.63, 3.8) is 0 Å². The van der Waals surface area contributed by atoms with Gasteiger partial charge in [-0.15, -0.1) is 0 Å². The van der Waals surface area contributed by atoms with E-state index in [1.54, 1.807) is 12.1 Å². The Balaban J connectivity index is 1.30. The molecule has 2 aromatic rings. The van der Waals surface area contributed by atoms with Crippen LogP contribution in [0.1, 0.15) is 35.4 Å². The van der Waals surface area contributed by atoms with Crippen molar-refractivity contribution in [2.75, 3.05) is 6.61 Å². The number of ether oxygens (including phenoxy) is 5. The van der Waals surface area contributed by atoms with Gasteiger partial charge in [0.1, 0.15) is 77.4 Å². The number of phenolic OH excluding ortho intramolecular Hbond substituents is 2. The predicted molar refractivity (Wildman–Crippen MR) is 134 cm³/mol. The maximum atomic E-state index is 12.8. The fourth-order valence-corrected chi connectivity index (χ4v) is 4.98. The van der Waals surface area contributed by atoms with Gasteiger partial charge in [-0.05, 0) is 24.6 Å². The largest absolute Gasteiger partial charge is 0.508 e. The molecule has 5 rings (SSSR count). The summed E-state index contributed by atoms with van der Waals surface area (Å²) in [5, 5.41) is 81.5. The van der Waals surface area contributed by atoms with Gasteiger partial charge in [0.25, 0.3) is 0 Å². The maximum absolute atomic E-state index is 12.8. The Morgan fingerprint density at radius 3 is 2.20 bits per heavy atom. The Labute approximate surface area is 233 Å². The van der Waals surface area contributed by atoms with E-state index in [1.807, 2.05) is 0 Å². The average Bonchev–Trinajstić information content (AvgIpc) is 2.94. The van der Waals surface area contributed by atoms with E-state index >= 15 is 0 Å². The lowest BCUT2D eigenvalue weighted by Gasteiger charge is -2.42. The highest BCUT2D eigenvalue weighted by Crippen LogP contribution is 2.42. The highest BCUT2D eigenvalue weighted by Gasteiger charge is 2.47. The molecule has 0 unspecified atom stereocenters. The van der Waals surface area contributed by atoms with E-state index < -0.39 is 85.7 Å². The molecule has 224 valence electrons. The molecule has 0 spiro atoms. The van der Waals surface area contributed by atoms with Gasteiger partial charge in [0, 0.05) is 12.1 Å². The Morgan fingerprint density at radius 1 is 0.829 bits per heavy atom. The number of aliphatic hydroxyl groups excluding tert-OH is 6. The molecule has 3 aliphatic rings. The maximum Gasteiger partial charge on any atom is 0.229 e. The van der Waals surface area contributed by atoms with E-state index in [4.69, 9.17) is 23.7 Å². The topological polar surface area (TPSA) is 225 Å². The molecule has 0 aliphatic carbocycles. The zero-order chi connectivity index (χ0) is 29.6. The number of fused-ring (bicyclic) bond motifs is 1. The number of rotatable bonds is 6. The van der Waals surface area contributed by atoms with E-state index in [-0.39, 0.29) is 29.2 Å². The van der Waals surface area contributed by atoms with Gasteiger partial charge < -0.3 is 64.5 Å². The van der Waals surface area contributed by atoms with Gasteiger partial charge >= 0.3 is 0 Å². The number of benzene rings is 2. The molecule has 0 aromatic heterocycles. The van der Waals surface area contributed by atoms with Gasteiger partial charge in [0.05, 0.1) is 19.1 Å². The first kappa shape index (κ1) is 29.4. The minimum absolute atomic E-state index is 0.00149. The van der Waals surface area contributed by atoms with Gasteiger partial charge in [-0.25, -0.2) is 0 Å². The zero-order valence-electron chi connectivity index (χ0n) is 21.8. The summed E-state index contributed by atoms with van der Waals surface area (Å²) in [6, 6.07) is 8.51. The SMILES string of the molecule is C[C@@H]1O[C@@H](OC[C@H]2O[C@@H](Oc3cc(O)c4c(c3)O[C@H](c3ccc(O)cc3)CC4=O)[C@@H](O)[C@H](O)[C@@H]2O)[C@H](O)[C@H](O)[C@H]1O. The van der Waals surface area contributed by atoms with E-state index in [9.17, 15) is 45.6 Å². The van der Waals surface area contributed by atoms with E-state index in [1.165, 1.54) is 25.1 Å². The number of Topliss-reactive ketones (excluding diaryl/α,β-unsaturated/α-hetero) is 1. The van der Waals surface area contributed by atoms with Crippen molar-refractivity contribution < 1.29 is 69.3 Å². The van der Waals surface area contributed by atoms with Crippen molar-refractivity contribution in [2.45, 2.75) is 80.9 Å². The highest BCUT2D eigenvalue weighted by atomic mass is 16.7. The number of aliphatic hydroxyl groups is 6. The fourth-order valence-electron chi connectivity index (χ4n) is 4.98. The van der Waals surface area contributed by atoms with Crippen LogP contribution in [0.25, 0.3) is 0 Å². The average molecular weight is 581 g/mol. The Morgan fingerprint density at radius 2 is 1.49 bits per heavy atom. The van der Waals surface area contributed by atoms with Crippen LogP contribution >= 0.6 is 0 Å². The third-order valence-electron chi connectivity index (χ3n) is 7.39. The minimum Gasteiger partial charge on any atom is -0.508 e. The standard InChI is InChI=1S/C27H32O14/c1-10-20(31)22(33)24(35)26(38-10)37-9-18-21(32)23(34)25(36)27(41-18)39-13-6-14(29)19-15(30)8-16(40-17(19)7-13)11-2-4-12(28)5-3-11/h2-7,10,16,18,20-29,31-36H,8-9H2,1H3/t10-,16-,18+,20-,21+,22+,23+,24+,25-,26+,27+/m0/s1. The van der Waals surface area contributed by atoms with E-state index in [2.05, 4.69) is 0 Å². The first-order chi connectivity index (χ1) is 19.4. The molecular weight excluding hydrogens is 548 g/mol. The van der Waals surface area contributed by atoms with Crippen LogP contribution in [0.2, 0.25) is 0 Å². The van der Waals surface area contributed by atoms with Crippen molar-refractivity contribution in [1.29, 1.82) is 0 Å². The van der Waals surface area contributed by atoms with Crippen LogP contribution < -0.4 is 9.47 Å². The van der Waals surface area contributed by atoms with Crippen LogP contribution in [0.4, 0.5) is 0 Å². The van der Waals surface area contributed by atoms with Gasteiger partial charge in [0.2, 0.25) is 6.29 Å². The molecule has 8 N–H and O–H groups in total. The molecule has 0 radical (unpaired) electrons. The third kappa shape index (κ3) is 5.83. The van der Waals surface area contributed by atoms with Gasteiger partial charge in [-0.1, -0.05) is 12.1 Å². The summed E-state index contributed by atoms with van der Waals surface area (Å²) in [5.41, 5.74) is 0.550. The molecule has 14 nitrogen and oxygen atoms in total. The summed E-state index contributed by atoms with van der Waals surface area (Å²) in [6.07, 6.45) is -15.6. The van der Waals surface area contributed by atoms with Crippen LogP contribution in [0.5, 0.6) is 23.0 Å². The molecule has 0 bridgehead atoms. The summed E-state index contributed by atoms with van der Waals surface area (Å²) in [6.45, 7) is 0.980. The zero-order valence-corrected chi connectivity index (χ0v) is 21.8. The second kappa shape index (κ2) is 11.7. The molecular formula is C27H32O14. The summed E-state index contributed by atoms with van der Waals surface area (Å²) in [5.74, 6) is -0.893. The van der Waals surface area contributed by atoms with Crippen LogP contribution in [0, 0.1) is 0 Å². The molecule has 11 atom stereocenters. The van der Waals surface area contributed by atoms with Gasteiger partial charge in [-0.3, -0.25) is 4.79 Å². The normalized spacial score (nSPS) is 37.2. The van der Waals surface area contributed by atoms with Crippen molar-refractivity contribution in [2.24, 2.45) is 0 Å². The second-order valence-corrected chi connectivity index (χ2v) is 10.3. The van der Waals surface area contributed by atoms with Crippen LogP contribution in [-0.2, 0) is 14.2 Å². The van der Waals surface area contributed by atoms with Crippen molar-refractivity contribution in [3.8, 4) is 23.0 Å². The Kier molecular flexibility index (Phi) is 8.39. The van der Waals surface area contributed by atoms with Crippen LogP contribution in [0.3, 0.4) is 0 Å². The lowest BCUT2D eigenvalue weighted by Crippen LogP contribution is -2.61. The molecule has 2 fully saturated rings. The van der Waals surface area contributed by atoms with Crippen molar-refractivity contribution >= 4 is 5.78 Å². The summed E-state index contributed by atoms with van der Waals surface area (Å²) in [4.78, 5) is 12.8. The monoisotopic (exact) mass is 580 g/mol. The molecule has 14 heteroatoms. The van der Waals surface area contributed by atoms with E-state index in [0.29, 0.717) is 5.56 Å². The first-order valence-electron chi connectivity index (χ1n) is 13.0. The smallest absolute Gasteiger partial charge is 0.229 e. The molecule has 3 heterocycles. The summed E-state index contributed by atoms with van der Waals surface area (Å²) >= 11 is 0. The number of ketones is 1. The summed E-state index contributed by atoms with van der Waals surface area (Å²) < 4.78 is 28.0. The molecule has 2 aromatic carbocycles. The number of hydrogen-bond donors (Lipinski definition) is 8. The molecule has 41 heavy (non-hydrogen) atoms. The molecule has 0 saturated carbocycles. The quantitative estimate of drug-likeness (QED) is 0.202. The molecule has 3 aliphatic heterocycles. The third-order valence-corrected chi connectivity index (χ3v) is 7.39. The van der Waals surface area contributed by atoms with Crippen molar-refractivity contribution in [3.05, 3.63) is 47.5 Å². The molecule has 2 saturated heterocycles. The number of carbonyl (C=O) groups excluding carboxylic acids is 1. The van der Waals surface area contributed by atoms with Gasteiger partial charge in [0.15, 0.2) is 12.1 Å². The van der Waals surface area contributed by atoms with Crippen molar-refractivity contribution in [1.82, 2.24) is 0 Å². The van der Waals surface area contributed by atoms with Crippen LogP contribution in [-0.4, -0.2) is 115 Å². The minimum atomic E-state index is -1.76. The number of phenols is 2. The highest BCUT2D eigenvalue weighted by molar-refractivity contribution is 6.02. The van der Waals surface area contributed by atoms with Crippen LogP contribution in [0.15, 0.2) is 36.4 Å². The number of carbonyl (C=O) groups is 1. The summed E-state index contributed by atoms with van der Waals surface area (Å²) in [7, 11) is 0. The predicted octanol–water partition coefficient (Wildman–Crippen LogP) is -1.17. The molecule has 0 amide bonds. The van der Waals surface area contributed by atoms with E-state index in [0.717, 1.165) is 6.07 Å². The Hall–Kier alpha value is -3.05. The van der Waals surface area contributed by atoms with Gasteiger partial charge in [-0.2, -0.15) is 0 Å². The number of hydrogen-bond acceptors (Lipinski definition) is 14. The lowest BCUT2D eigenvalue weighted by atomic mass is 9.95.